The van der Waals surface area contributed by atoms with E-state index < -0.39 is 47.0 Å². The number of halogens is 12. The molecule has 2 N–H and O–H groups in total. The number of nitrogens with one attached hydrogen (secondary N) is 2. The van der Waals surface area contributed by atoms with E-state index in [0.717, 1.165) is 12.1 Å². The fourth-order valence-electron chi connectivity index (χ4n) is 4.35. The maximum atomic E-state index is 13.3. The Bertz CT molecular complexity index is 1000. The van der Waals surface area contributed by atoms with Gasteiger partial charge in [0, 0.05) is 25.2 Å². The molecule has 2 aromatic carbocycles. The van der Waals surface area contributed by atoms with Crippen molar-refractivity contribution in [2.45, 2.75) is 75.6 Å². The third-order valence-corrected chi connectivity index (χ3v) is 6.37. The van der Waals surface area contributed by atoms with Crippen molar-refractivity contribution in [2.75, 3.05) is 0 Å². The third-order valence-electron chi connectivity index (χ3n) is 6.37. The summed E-state index contributed by atoms with van der Waals surface area (Å²) in [5.41, 5.74) is -6.33. The van der Waals surface area contributed by atoms with Crippen LogP contribution < -0.4 is 10.6 Å². The molecule has 0 unspecified atom stereocenters. The van der Waals surface area contributed by atoms with Crippen molar-refractivity contribution in [1.82, 2.24) is 10.6 Å². The number of hydrogen-bond acceptors (Lipinski definition) is 2. The van der Waals surface area contributed by atoms with Crippen molar-refractivity contribution in [2.24, 2.45) is 0 Å². The molecule has 0 radical (unpaired) electrons. The van der Waals surface area contributed by atoms with Crippen molar-refractivity contribution in [3.8, 4) is 0 Å². The highest BCUT2D eigenvalue weighted by molar-refractivity contribution is 5.36. The summed E-state index contributed by atoms with van der Waals surface area (Å²) in [6, 6.07) is 2.25. The van der Waals surface area contributed by atoms with Gasteiger partial charge in [0.15, 0.2) is 0 Å². The van der Waals surface area contributed by atoms with Crippen molar-refractivity contribution < 1.29 is 52.7 Å². The van der Waals surface area contributed by atoms with Crippen LogP contribution >= 0.6 is 0 Å². The molecule has 0 aromatic heterocycles. The number of benzene rings is 2. The van der Waals surface area contributed by atoms with E-state index >= 15 is 0 Å². The van der Waals surface area contributed by atoms with Gasteiger partial charge in [0.25, 0.3) is 0 Å². The Morgan fingerprint density at radius 1 is 0.500 bits per heavy atom. The molecule has 1 aliphatic rings. The van der Waals surface area contributed by atoms with Gasteiger partial charge in [-0.25, -0.2) is 0 Å². The van der Waals surface area contributed by atoms with E-state index in [2.05, 4.69) is 10.6 Å². The highest BCUT2D eigenvalue weighted by Crippen LogP contribution is 2.39. The minimum atomic E-state index is -4.99. The third kappa shape index (κ3) is 7.78. The lowest BCUT2D eigenvalue weighted by atomic mass is 9.90. The first-order valence-electron chi connectivity index (χ1n) is 11.4. The Labute approximate surface area is 209 Å². The first-order chi connectivity index (χ1) is 17.4. The van der Waals surface area contributed by atoms with Crippen molar-refractivity contribution in [3.05, 3.63) is 69.8 Å². The largest absolute Gasteiger partial charge is 0.416 e. The van der Waals surface area contributed by atoms with Crippen LogP contribution in [0.25, 0.3) is 0 Å². The van der Waals surface area contributed by atoms with Gasteiger partial charge in [-0.3, -0.25) is 0 Å². The smallest absolute Gasteiger partial charge is 0.310 e. The molecule has 0 aliphatic heterocycles. The predicted octanol–water partition coefficient (Wildman–Crippen LogP) is 7.95. The molecule has 0 spiro atoms. The van der Waals surface area contributed by atoms with Gasteiger partial charge in [-0.1, -0.05) is 12.1 Å². The zero-order valence-electron chi connectivity index (χ0n) is 19.4. The van der Waals surface area contributed by atoms with Crippen molar-refractivity contribution in [1.29, 1.82) is 0 Å². The zero-order valence-corrected chi connectivity index (χ0v) is 19.4. The quantitative estimate of drug-likeness (QED) is 0.347. The molecule has 212 valence electrons. The second-order valence-electron chi connectivity index (χ2n) is 9.05. The summed E-state index contributed by atoms with van der Waals surface area (Å²) in [5.74, 6) is 0. The van der Waals surface area contributed by atoms with Crippen LogP contribution in [0.15, 0.2) is 36.4 Å². The van der Waals surface area contributed by atoms with Gasteiger partial charge in [0.05, 0.1) is 22.3 Å². The molecular formula is C24H22F12N2. The second kappa shape index (κ2) is 10.9. The topological polar surface area (TPSA) is 24.1 Å². The molecule has 14 heteroatoms. The van der Waals surface area contributed by atoms with Crippen LogP contribution in [0.1, 0.15) is 59.1 Å². The van der Waals surface area contributed by atoms with E-state index in [4.69, 9.17) is 0 Å². The van der Waals surface area contributed by atoms with Crippen molar-refractivity contribution >= 4 is 0 Å². The van der Waals surface area contributed by atoms with Crippen LogP contribution in [0.5, 0.6) is 0 Å². The standard InChI is InChI=1S/C24H22F12N2/c25-21(26,27)15-3-1-13(19(9-15)23(31,32)33)11-37-17-5-7-18(8-6-17)38-12-14-2-4-16(22(28,29)30)10-20(14)24(34,35)36/h1-4,9-10,17-18,37-38H,5-8,11-12H2. The van der Waals surface area contributed by atoms with Crippen LogP contribution in [0.4, 0.5) is 52.7 Å². The highest BCUT2D eigenvalue weighted by atomic mass is 19.4. The maximum Gasteiger partial charge on any atom is 0.416 e. The molecule has 38 heavy (non-hydrogen) atoms. The molecule has 1 aliphatic carbocycles. The molecule has 0 heterocycles. The van der Waals surface area contributed by atoms with E-state index in [-0.39, 0.29) is 48.4 Å². The van der Waals surface area contributed by atoms with Gasteiger partial charge in [0.2, 0.25) is 0 Å². The molecule has 2 nitrogen and oxygen atoms in total. The van der Waals surface area contributed by atoms with Crippen LogP contribution in [0, 0.1) is 0 Å². The van der Waals surface area contributed by atoms with E-state index in [0.29, 0.717) is 37.8 Å². The SMILES string of the molecule is FC(F)(F)c1ccc(CNC2CCC(NCc3ccc(C(F)(F)F)cc3C(F)(F)F)CC2)c(C(F)(F)F)c1. The summed E-state index contributed by atoms with van der Waals surface area (Å²) in [6.07, 6.45) is -18.2. The first kappa shape index (κ1) is 30.1. The Kier molecular flexibility index (Phi) is 8.66. The summed E-state index contributed by atoms with van der Waals surface area (Å²) in [7, 11) is 0. The molecule has 1 fully saturated rings. The van der Waals surface area contributed by atoms with E-state index in [1.165, 1.54) is 0 Å². The molecule has 0 atom stereocenters. The summed E-state index contributed by atoms with van der Waals surface area (Å²) in [6.45, 7) is -0.674. The first-order valence-corrected chi connectivity index (χ1v) is 11.4. The molecular weight excluding hydrogens is 544 g/mol. The summed E-state index contributed by atoms with van der Waals surface area (Å²) in [5, 5.41) is 5.78. The van der Waals surface area contributed by atoms with Gasteiger partial charge in [0.1, 0.15) is 0 Å². The summed E-state index contributed by atoms with van der Waals surface area (Å²) in [4.78, 5) is 0. The fourth-order valence-corrected chi connectivity index (χ4v) is 4.35. The number of rotatable bonds is 6. The van der Waals surface area contributed by atoms with Gasteiger partial charge in [-0.05, 0) is 61.1 Å². The molecule has 0 bridgehead atoms. The van der Waals surface area contributed by atoms with Crippen LogP contribution in [0.2, 0.25) is 0 Å². The Morgan fingerprint density at radius 3 is 1.08 bits per heavy atom. The highest BCUT2D eigenvalue weighted by Gasteiger charge is 2.39. The van der Waals surface area contributed by atoms with E-state index in [9.17, 15) is 52.7 Å². The molecule has 0 saturated heterocycles. The van der Waals surface area contributed by atoms with Crippen LogP contribution in [-0.2, 0) is 37.8 Å². The van der Waals surface area contributed by atoms with Gasteiger partial charge < -0.3 is 10.6 Å². The Hall–Kier alpha value is -2.48. The van der Waals surface area contributed by atoms with Crippen molar-refractivity contribution in [3.63, 3.8) is 0 Å². The van der Waals surface area contributed by atoms with Gasteiger partial charge in [-0.15, -0.1) is 0 Å². The lowest BCUT2D eigenvalue weighted by molar-refractivity contribution is -0.145. The van der Waals surface area contributed by atoms with E-state index in [1.54, 1.807) is 0 Å². The van der Waals surface area contributed by atoms with Gasteiger partial charge >= 0.3 is 24.7 Å². The number of hydrogen-bond donors (Lipinski definition) is 2. The molecule has 3 rings (SSSR count). The average Bonchev–Trinajstić information content (AvgIpc) is 2.79. The molecule has 2 aromatic rings. The van der Waals surface area contributed by atoms with Crippen LogP contribution in [-0.4, -0.2) is 12.1 Å². The lowest BCUT2D eigenvalue weighted by Gasteiger charge is -2.30. The Balaban J connectivity index is 1.58. The Morgan fingerprint density at radius 2 is 0.816 bits per heavy atom. The normalized spacial score (nSPS) is 19.6. The fraction of sp³-hybridized carbons (Fsp3) is 0.500. The average molecular weight is 566 g/mol. The van der Waals surface area contributed by atoms with Gasteiger partial charge in [-0.2, -0.15) is 52.7 Å². The monoisotopic (exact) mass is 566 g/mol. The molecule has 1 saturated carbocycles. The zero-order chi connectivity index (χ0) is 28.5. The second-order valence-corrected chi connectivity index (χ2v) is 9.05. The lowest BCUT2D eigenvalue weighted by Crippen LogP contribution is -2.39. The maximum absolute atomic E-state index is 13.3. The minimum Gasteiger partial charge on any atom is -0.310 e. The minimum absolute atomic E-state index is 0.0638. The number of alkyl halides is 12. The summed E-state index contributed by atoms with van der Waals surface area (Å²) < 4.78 is 157. The molecule has 0 amide bonds. The van der Waals surface area contributed by atoms with E-state index in [1.807, 2.05) is 0 Å². The predicted molar refractivity (Wildman–Crippen MR) is 113 cm³/mol. The van der Waals surface area contributed by atoms with Crippen LogP contribution in [0.3, 0.4) is 0 Å². The summed E-state index contributed by atoms with van der Waals surface area (Å²) >= 11 is 0.